The van der Waals surface area contributed by atoms with Crippen molar-refractivity contribution in [3.05, 3.63) is 10.6 Å². The zero-order chi connectivity index (χ0) is 13.8. The molecule has 1 aromatic rings. The van der Waals surface area contributed by atoms with Gasteiger partial charge in [-0.05, 0) is 31.3 Å². The number of carbonyl (C=O) groups is 1. The molecule has 1 amide bonds. The molecule has 0 spiro atoms. The van der Waals surface area contributed by atoms with Crippen LogP contribution in [-0.4, -0.2) is 27.4 Å². The average molecular weight is 290 g/mol. The first-order valence-corrected chi connectivity index (χ1v) is 7.28. The highest BCUT2D eigenvalue weighted by atomic mass is 35.5. The molecule has 1 heterocycles. The quantitative estimate of drug-likeness (QED) is 0.670. The van der Waals surface area contributed by atoms with Crippen molar-refractivity contribution in [2.24, 2.45) is 0 Å². The predicted octanol–water partition coefficient (Wildman–Crippen LogP) is 2.97. The van der Waals surface area contributed by atoms with Gasteiger partial charge in [0.1, 0.15) is 4.88 Å². The molecule has 0 bridgehead atoms. The molecule has 0 saturated carbocycles. The van der Waals surface area contributed by atoms with E-state index in [1.165, 1.54) is 0 Å². The molecule has 1 rings (SSSR count). The number of nitrogens with zero attached hydrogens (tertiary/aromatic N) is 2. The number of alkyl halides is 1. The minimum absolute atomic E-state index is 0.0860. The Morgan fingerprint density at radius 1 is 1.50 bits per heavy atom. The van der Waals surface area contributed by atoms with Crippen LogP contribution in [0, 0.1) is 0 Å². The SMILES string of the molecule is CC(Cl)CCCNC(=O)c1snnc1C(C)(C)C. The third-order valence-electron chi connectivity index (χ3n) is 2.47. The number of rotatable bonds is 5. The van der Waals surface area contributed by atoms with Crippen molar-refractivity contribution in [1.82, 2.24) is 14.9 Å². The van der Waals surface area contributed by atoms with E-state index >= 15 is 0 Å². The van der Waals surface area contributed by atoms with E-state index in [4.69, 9.17) is 11.6 Å². The van der Waals surface area contributed by atoms with Gasteiger partial charge in [-0.2, -0.15) is 0 Å². The van der Waals surface area contributed by atoms with Gasteiger partial charge in [-0.25, -0.2) is 0 Å². The third kappa shape index (κ3) is 4.53. The summed E-state index contributed by atoms with van der Waals surface area (Å²) in [5, 5.41) is 7.09. The lowest BCUT2D eigenvalue weighted by atomic mass is 9.91. The summed E-state index contributed by atoms with van der Waals surface area (Å²) in [6, 6.07) is 0. The Hall–Kier alpha value is -0.680. The molecule has 0 fully saturated rings. The third-order valence-corrected chi connectivity index (χ3v) is 3.41. The fourth-order valence-electron chi connectivity index (χ4n) is 1.50. The first-order valence-electron chi connectivity index (χ1n) is 6.07. The van der Waals surface area contributed by atoms with Gasteiger partial charge < -0.3 is 5.32 Å². The first kappa shape index (κ1) is 15.4. The first-order chi connectivity index (χ1) is 8.32. The highest BCUT2D eigenvalue weighted by Gasteiger charge is 2.25. The Morgan fingerprint density at radius 2 is 2.17 bits per heavy atom. The van der Waals surface area contributed by atoms with Crippen LogP contribution in [0.25, 0.3) is 0 Å². The van der Waals surface area contributed by atoms with Gasteiger partial charge >= 0.3 is 0 Å². The molecule has 0 aliphatic heterocycles. The summed E-state index contributed by atoms with van der Waals surface area (Å²) in [7, 11) is 0. The van der Waals surface area contributed by atoms with E-state index in [-0.39, 0.29) is 16.7 Å². The summed E-state index contributed by atoms with van der Waals surface area (Å²) in [5.41, 5.74) is 0.598. The van der Waals surface area contributed by atoms with E-state index in [1.807, 2.05) is 27.7 Å². The van der Waals surface area contributed by atoms with E-state index in [0.717, 1.165) is 30.1 Å². The summed E-state index contributed by atoms with van der Waals surface area (Å²) in [4.78, 5) is 12.6. The molecule has 0 aliphatic carbocycles. The Morgan fingerprint density at radius 3 is 2.72 bits per heavy atom. The molecular weight excluding hydrogens is 270 g/mol. The molecule has 0 saturated heterocycles. The maximum atomic E-state index is 12.0. The lowest BCUT2D eigenvalue weighted by molar-refractivity contribution is 0.0954. The van der Waals surface area contributed by atoms with Gasteiger partial charge in [0, 0.05) is 17.3 Å². The van der Waals surface area contributed by atoms with Gasteiger partial charge in [-0.15, -0.1) is 16.7 Å². The standard InChI is InChI=1S/C12H20ClN3OS/c1-8(13)6-5-7-14-11(17)9-10(12(2,3)4)15-16-18-9/h8H,5-7H2,1-4H3,(H,14,17). The van der Waals surface area contributed by atoms with Gasteiger partial charge in [-0.1, -0.05) is 25.3 Å². The molecule has 0 radical (unpaired) electrons. The topological polar surface area (TPSA) is 54.9 Å². The monoisotopic (exact) mass is 289 g/mol. The minimum atomic E-state index is -0.162. The maximum Gasteiger partial charge on any atom is 0.264 e. The van der Waals surface area contributed by atoms with Gasteiger partial charge in [0.25, 0.3) is 5.91 Å². The highest BCUT2D eigenvalue weighted by molar-refractivity contribution is 7.08. The second-order valence-corrected chi connectivity index (χ2v) is 6.88. The van der Waals surface area contributed by atoms with Crippen LogP contribution in [0.2, 0.25) is 0 Å². The number of halogens is 1. The fraction of sp³-hybridized carbons (Fsp3) is 0.750. The van der Waals surface area contributed by atoms with E-state index in [9.17, 15) is 4.79 Å². The number of hydrogen-bond acceptors (Lipinski definition) is 4. The Balaban J connectivity index is 2.55. The summed E-state index contributed by atoms with van der Waals surface area (Å²) >= 11 is 7.00. The van der Waals surface area contributed by atoms with E-state index < -0.39 is 0 Å². The van der Waals surface area contributed by atoms with Crippen molar-refractivity contribution in [2.45, 2.75) is 51.3 Å². The molecule has 6 heteroatoms. The highest BCUT2D eigenvalue weighted by Crippen LogP contribution is 2.25. The van der Waals surface area contributed by atoms with Crippen LogP contribution in [0.4, 0.5) is 0 Å². The Labute approximate surface area is 117 Å². The molecule has 102 valence electrons. The molecule has 0 aliphatic rings. The largest absolute Gasteiger partial charge is 0.351 e. The van der Waals surface area contributed by atoms with Crippen molar-refractivity contribution in [1.29, 1.82) is 0 Å². The van der Waals surface area contributed by atoms with Crippen molar-refractivity contribution in [3.63, 3.8) is 0 Å². The predicted molar refractivity (Wildman–Crippen MR) is 75.5 cm³/mol. The number of amides is 1. The van der Waals surface area contributed by atoms with Gasteiger partial charge in [-0.3, -0.25) is 4.79 Å². The number of aromatic nitrogens is 2. The van der Waals surface area contributed by atoms with Crippen LogP contribution in [-0.2, 0) is 5.41 Å². The zero-order valence-corrected chi connectivity index (χ0v) is 12.9. The van der Waals surface area contributed by atoms with Crippen LogP contribution < -0.4 is 5.32 Å². The summed E-state index contributed by atoms with van der Waals surface area (Å²) in [6.45, 7) is 8.66. The maximum absolute atomic E-state index is 12.0. The van der Waals surface area contributed by atoms with Crippen LogP contribution in [0.5, 0.6) is 0 Å². The number of carbonyl (C=O) groups excluding carboxylic acids is 1. The summed E-state index contributed by atoms with van der Waals surface area (Å²) in [5.74, 6) is -0.0860. The second kappa shape index (κ2) is 6.48. The minimum Gasteiger partial charge on any atom is -0.351 e. The van der Waals surface area contributed by atoms with Gasteiger partial charge in [0.05, 0.1) is 5.69 Å². The van der Waals surface area contributed by atoms with Crippen molar-refractivity contribution in [3.8, 4) is 0 Å². The van der Waals surface area contributed by atoms with E-state index in [2.05, 4.69) is 14.9 Å². The Kier molecular flexibility index (Phi) is 5.53. The normalized spacial score (nSPS) is 13.4. The van der Waals surface area contributed by atoms with Crippen molar-refractivity contribution in [2.75, 3.05) is 6.54 Å². The lowest BCUT2D eigenvalue weighted by Gasteiger charge is -2.16. The van der Waals surface area contributed by atoms with Crippen molar-refractivity contribution >= 4 is 29.0 Å². The van der Waals surface area contributed by atoms with E-state index in [0.29, 0.717) is 11.4 Å². The molecule has 1 atom stereocenters. The van der Waals surface area contributed by atoms with Gasteiger partial charge in [0.2, 0.25) is 0 Å². The smallest absolute Gasteiger partial charge is 0.264 e. The number of hydrogen-bond donors (Lipinski definition) is 1. The summed E-state index contributed by atoms with van der Waals surface area (Å²) in [6.07, 6.45) is 1.78. The van der Waals surface area contributed by atoms with Gasteiger partial charge in [0.15, 0.2) is 0 Å². The number of nitrogens with one attached hydrogen (secondary N) is 1. The average Bonchev–Trinajstić information content (AvgIpc) is 2.72. The molecule has 1 unspecified atom stereocenters. The summed E-state index contributed by atoms with van der Waals surface area (Å²) < 4.78 is 3.88. The zero-order valence-electron chi connectivity index (χ0n) is 11.3. The molecular formula is C12H20ClN3OS. The molecule has 18 heavy (non-hydrogen) atoms. The molecule has 1 aromatic heterocycles. The molecule has 1 N–H and O–H groups in total. The Bertz CT molecular complexity index is 398. The fourth-order valence-corrected chi connectivity index (χ4v) is 2.44. The molecule has 0 aromatic carbocycles. The van der Waals surface area contributed by atoms with Crippen LogP contribution in [0.1, 0.15) is 55.9 Å². The second-order valence-electron chi connectivity index (χ2n) is 5.38. The van der Waals surface area contributed by atoms with Crippen LogP contribution in [0.15, 0.2) is 0 Å². The molecule has 4 nitrogen and oxygen atoms in total. The van der Waals surface area contributed by atoms with Crippen LogP contribution >= 0.6 is 23.1 Å². The van der Waals surface area contributed by atoms with Crippen molar-refractivity contribution < 1.29 is 4.79 Å². The van der Waals surface area contributed by atoms with E-state index in [1.54, 1.807) is 0 Å². The van der Waals surface area contributed by atoms with Crippen LogP contribution in [0.3, 0.4) is 0 Å². The lowest BCUT2D eigenvalue weighted by Crippen LogP contribution is -2.27.